The Hall–Kier alpha value is -2.80. The van der Waals surface area contributed by atoms with Crippen molar-refractivity contribution in [3.05, 3.63) is 53.6 Å². The first-order valence-electron chi connectivity index (χ1n) is 7.65. The minimum absolute atomic E-state index is 0.0211. The number of Topliss-reactive ketones (excluding diaryl/α,β-unsaturated/α-hetero) is 1. The molecule has 25 heavy (non-hydrogen) atoms. The lowest BCUT2D eigenvalue weighted by molar-refractivity contribution is 0.102. The number of rotatable bonds is 5. The fourth-order valence-electron chi connectivity index (χ4n) is 2.36. The SMILES string of the molecule is Cc1ccc(C(=O)CSc2nnc(-c3ccc4c(c3)OCO4)o2)cc1. The van der Waals surface area contributed by atoms with E-state index in [1.54, 1.807) is 12.1 Å². The number of ketones is 1. The summed E-state index contributed by atoms with van der Waals surface area (Å²) < 4.78 is 16.2. The van der Waals surface area contributed by atoms with Crippen LogP contribution in [0.25, 0.3) is 11.5 Å². The number of nitrogens with zero attached hydrogens (tertiary/aromatic N) is 2. The molecule has 2 aromatic carbocycles. The molecule has 0 fully saturated rings. The Morgan fingerprint density at radius 1 is 1.08 bits per heavy atom. The van der Waals surface area contributed by atoms with Crippen LogP contribution in [-0.4, -0.2) is 28.5 Å². The summed E-state index contributed by atoms with van der Waals surface area (Å²) in [6.45, 7) is 2.20. The molecule has 0 spiro atoms. The molecule has 1 aliphatic heterocycles. The molecular weight excluding hydrogens is 340 g/mol. The van der Waals surface area contributed by atoms with Crippen molar-refractivity contribution in [1.82, 2.24) is 10.2 Å². The highest BCUT2D eigenvalue weighted by Crippen LogP contribution is 2.36. The first kappa shape index (κ1) is 15.7. The Balaban J connectivity index is 1.43. The lowest BCUT2D eigenvalue weighted by Gasteiger charge is -2.00. The maximum Gasteiger partial charge on any atom is 0.277 e. The zero-order valence-corrected chi connectivity index (χ0v) is 14.2. The van der Waals surface area contributed by atoms with Crippen LogP contribution < -0.4 is 9.47 Å². The third kappa shape index (κ3) is 3.36. The standard InChI is InChI=1S/C18H14N2O4S/c1-11-2-4-12(5-3-11)14(21)9-25-18-20-19-17(24-18)13-6-7-15-16(8-13)23-10-22-15/h2-8H,9-10H2,1H3. The molecule has 1 aromatic heterocycles. The highest BCUT2D eigenvalue weighted by molar-refractivity contribution is 7.99. The first-order chi connectivity index (χ1) is 12.2. The van der Waals surface area contributed by atoms with Crippen molar-refractivity contribution < 1.29 is 18.7 Å². The Kier molecular flexibility index (Phi) is 4.15. The number of aryl methyl sites for hydroxylation is 1. The van der Waals surface area contributed by atoms with Crippen LogP contribution in [0.4, 0.5) is 0 Å². The van der Waals surface area contributed by atoms with Crippen molar-refractivity contribution in [2.24, 2.45) is 0 Å². The van der Waals surface area contributed by atoms with Gasteiger partial charge in [0.05, 0.1) is 5.75 Å². The topological polar surface area (TPSA) is 74.5 Å². The fraction of sp³-hybridized carbons (Fsp3) is 0.167. The van der Waals surface area contributed by atoms with Gasteiger partial charge in [-0.05, 0) is 25.1 Å². The molecule has 0 saturated carbocycles. The van der Waals surface area contributed by atoms with Crippen molar-refractivity contribution in [1.29, 1.82) is 0 Å². The van der Waals surface area contributed by atoms with E-state index >= 15 is 0 Å². The average molecular weight is 354 g/mol. The van der Waals surface area contributed by atoms with Gasteiger partial charge in [-0.25, -0.2) is 0 Å². The van der Waals surface area contributed by atoms with Gasteiger partial charge in [0.2, 0.25) is 12.7 Å². The summed E-state index contributed by atoms with van der Waals surface area (Å²) in [6.07, 6.45) is 0. The first-order valence-corrected chi connectivity index (χ1v) is 8.64. The second kappa shape index (κ2) is 6.60. The van der Waals surface area contributed by atoms with Crippen molar-refractivity contribution in [3.8, 4) is 23.0 Å². The van der Waals surface area contributed by atoms with E-state index in [0.717, 1.165) is 11.1 Å². The molecule has 4 rings (SSSR count). The zero-order valence-electron chi connectivity index (χ0n) is 13.4. The molecule has 0 radical (unpaired) electrons. The summed E-state index contributed by atoms with van der Waals surface area (Å²) in [5.74, 6) is 1.99. The molecule has 6 nitrogen and oxygen atoms in total. The van der Waals surface area contributed by atoms with Crippen LogP contribution in [0.1, 0.15) is 15.9 Å². The molecule has 0 aliphatic carbocycles. The Morgan fingerprint density at radius 2 is 1.88 bits per heavy atom. The molecule has 7 heteroatoms. The second-order valence-corrected chi connectivity index (χ2v) is 6.45. The molecule has 0 N–H and O–H groups in total. The van der Waals surface area contributed by atoms with Gasteiger partial charge in [0.15, 0.2) is 17.3 Å². The van der Waals surface area contributed by atoms with Crippen molar-refractivity contribution >= 4 is 17.5 Å². The van der Waals surface area contributed by atoms with E-state index in [9.17, 15) is 4.79 Å². The van der Waals surface area contributed by atoms with Gasteiger partial charge in [-0.15, -0.1) is 10.2 Å². The maximum atomic E-state index is 12.2. The smallest absolute Gasteiger partial charge is 0.277 e. The number of carbonyl (C=O) groups excluding carboxylic acids is 1. The summed E-state index contributed by atoms with van der Waals surface area (Å²) in [4.78, 5) is 12.2. The minimum Gasteiger partial charge on any atom is -0.454 e. The third-order valence-electron chi connectivity index (χ3n) is 3.73. The molecule has 126 valence electrons. The monoisotopic (exact) mass is 354 g/mol. The summed E-state index contributed by atoms with van der Waals surface area (Å²) in [5.41, 5.74) is 2.54. The summed E-state index contributed by atoms with van der Waals surface area (Å²) in [5, 5.41) is 8.37. The average Bonchev–Trinajstić information content (AvgIpc) is 3.28. The van der Waals surface area contributed by atoms with Crippen LogP contribution in [0.3, 0.4) is 0 Å². The fourth-order valence-corrected chi connectivity index (χ4v) is 3.02. The van der Waals surface area contributed by atoms with Gasteiger partial charge in [-0.1, -0.05) is 41.6 Å². The lowest BCUT2D eigenvalue weighted by atomic mass is 10.1. The highest BCUT2D eigenvalue weighted by atomic mass is 32.2. The van der Waals surface area contributed by atoms with Crippen molar-refractivity contribution in [2.45, 2.75) is 12.1 Å². The maximum absolute atomic E-state index is 12.2. The Morgan fingerprint density at radius 3 is 2.72 bits per heavy atom. The lowest BCUT2D eigenvalue weighted by Crippen LogP contribution is -2.02. The van der Waals surface area contributed by atoms with Crippen LogP contribution in [-0.2, 0) is 0 Å². The summed E-state index contributed by atoms with van der Waals surface area (Å²) >= 11 is 1.22. The van der Waals surface area contributed by atoms with E-state index in [0.29, 0.717) is 28.2 Å². The Labute approximate surface area is 148 Å². The van der Waals surface area contributed by atoms with Crippen LogP contribution in [0.15, 0.2) is 52.1 Å². The van der Waals surface area contributed by atoms with Crippen molar-refractivity contribution in [3.63, 3.8) is 0 Å². The minimum atomic E-state index is 0.0211. The normalized spacial score (nSPS) is 12.4. The molecule has 0 saturated heterocycles. The number of fused-ring (bicyclic) bond motifs is 1. The van der Waals surface area contributed by atoms with Gasteiger partial charge < -0.3 is 13.9 Å². The number of carbonyl (C=O) groups is 1. The van der Waals surface area contributed by atoms with Crippen LogP contribution in [0.5, 0.6) is 11.5 Å². The number of ether oxygens (including phenoxy) is 2. The highest BCUT2D eigenvalue weighted by Gasteiger charge is 2.17. The van der Waals surface area contributed by atoms with Gasteiger partial charge >= 0.3 is 0 Å². The summed E-state index contributed by atoms with van der Waals surface area (Å²) in [7, 11) is 0. The molecule has 0 atom stereocenters. The number of thioether (sulfide) groups is 1. The van der Waals surface area contributed by atoms with Gasteiger partial charge in [-0.2, -0.15) is 0 Å². The van der Waals surface area contributed by atoms with Crippen molar-refractivity contribution in [2.75, 3.05) is 12.5 Å². The molecule has 3 aromatic rings. The number of hydrogen-bond donors (Lipinski definition) is 0. The largest absolute Gasteiger partial charge is 0.454 e. The van der Waals surface area contributed by atoms with E-state index in [-0.39, 0.29) is 18.3 Å². The second-order valence-electron chi connectivity index (χ2n) is 5.52. The predicted molar refractivity (Wildman–Crippen MR) is 92.1 cm³/mol. The molecule has 2 heterocycles. The predicted octanol–water partition coefficient (Wildman–Crippen LogP) is 3.75. The van der Waals surface area contributed by atoms with E-state index in [1.165, 1.54) is 11.8 Å². The third-order valence-corrected chi connectivity index (χ3v) is 4.54. The van der Waals surface area contributed by atoms with Gasteiger partial charge in [0.25, 0.3) is 5.22 Å². The van der Waals surface area contributed by atoms with Crippen LogP contribution in [0, 0.1) is 6.92 Å². The quantitative estimate of drug-likeness (QED) is 0.510. The summed E-state index contributed by atoms with van der Waals surface area (Å²) in [6, 6.07) is 12.9. The number of benzene rings is 2. The van der Waals surface area contributed by atoms with Crippen LogP contribution >= 0.6 is 11.8 Å². The van der Waals surface area contributed by atoms with Crippen LogP contribution in [0.2, 0.25) is 0 Å². The Bertz CT molecular complexity index is 921. The van der Waals surface area contributed by atoms with Gasteiger partial charge in [0.1, 0.15) is 0 Å². The van der Waals surface area contributed by atoms with E-state index in [1.807, 2.05) is 37.3 Å². The van der Waals surface area contributed by atoms with E-state index in [2.05, 4.69) is 10.2 Å². The van der Waals surface area contributed by atoms with E-state index in [4.69, 9.17) is 13.9 Å². The number of hydrogen-bond acceptors (Lipinski definition) is 7. The molecule has 1 aliphatic rings. The molecule has 0 unspecified atom stereocenters. The zero-order chi connectivity index (χ0) is 17.2. The number of aromatic nitrogens is 2. The van der Waals surface area contributed by atoms with Gasteiger partial charge in [0, 0.05) is 11.1 Å². The molecule has 0 amide bonds. The van der Waals surface area contributed by atoms with Gasteiger partial charge in [-0.3, -0.25) is 4.79 Å². The molecule has 0 bridgehead atoms. The molecular formula is C18H14N2O4S. The van der Waals surface area contributed by atoms with E-state index < -0.39 is 0 Å².